The van der Waals surface area contributed by atoms with Gasteiger partial charge in [0.2, 0.25) is 11.9 Å². The zero-order valence-electron chi connectivity index (χ0n) is 47.3. The summed E-state index contributed by atoms with van der Waals surface area (Å²) in [5.41, 5.74) is 14.9. The Morgan fingerprint density at radius 1 is 0.182 bits per heavy atom. The van der Waals surface area contributed by atoms with Gasteiger partial charge in [0.25, 0.3) is 0 Å². The Labute approximate surface area is 504 Å². The molecule has 0 aliphatic heterocycles. The van der Waals surface area contributed by atoms with E-state index in [1.54, 1.807) is 0 Å². The molecule has 0 bridgehead atoms. The number of nitrogens with zero attached hydrogens (tertiary/aromatic N) is 10. The monoisotopic (exact) mass is 1130 g/mol. The van der Waals surface area contributed by atoms with Crippen LogP contribution in [0.1, 0.15) is 0 Å². The predicted octanol–water partition coefficient (Wildman–Crippen LogP) is 18.8. The lowest BCUT2D eigenvalue weighted by molar-refractivity contribution is 0.955. The fraction of sp³-hybridized carbons (Fsp3) is 0. The Bertz CT molecular complexity index is 5190. The van der Waals surface area contributed by atoms with Crippen molar-refractivity contribution < 1.29 is 0 Å². The van der Waals surface area contributed by atoms with E-state index in [4.69, 9.17) is 29.9 Å². The summed E-state index contributed by atoms with van der Waals surface area (Å²) in [4.78, 5) is 30.6. The summed E-state index contributed by atoms with van der Waals surface area (Å²) in [7, 11) is 0. The molecule has 412 valence electrons. The van der Waals surface area contributed by atoms with Gasteiger partial charge in [-0.1, -0.05) is 243 Å². The van der Waals surface area contributed by atoms with Crippen LogP contribution in [0.5, 0.6) is 0 Å². The average molecular weight is 1130 g/mol. The van der Waals surface area contributed by atoms with Gasteiger partial charge < -0.3 is 9.13 Å². The van der Waals surface area contributed by atoms with Gasteiger partial charge in [0.15, 0.2) is 23.3 Å². The standard InChI is InChI=1S/2C39H25N5/c2*1-4-14-26(15-5-1)37-40-38(27-16-6-2-7-17-27)42-39(41-37)44-32-22-12-10-20-29(32)30-24-25-34-35(36(30)44)31-21-11-13-23-33(31)43(34)28-18-8-3-9-19-28/h2*1-25H. The van der Waals surface area contributed by atoms with E-state index >= 15 is 0 Å². The molecule has 10 nitrogen and oxygen atoms in total. The Balaban J connectivity index is 0.000000137. The van der Waals surface area contributed by atoms with Crippen LogP contribution in [0.3, 0.4) is 0 Å². The molecule has 0 aliphatic carbocycles. The van der Waals surface area contributed by atoms with Crippen molar-refractivity contribution in [2.75, 3.05) is 0 Å². The van der Waals surface area contributed by atoms with Crippen LogP contribution in [0, 0.1) is 0 Å². The summed E-state index contributed by atoms with van der Waals surface area (Å²) in [6.45, 7) is 0. The first-order valence-electron chi connectivity index (χ1n) is 29.5. The van der Waals surface area contributed by atoms with Crippen LogP contribution in [-0.4, -0.2) is 48.2 Å². The van der Waals surface area contributed by atoms with E-state index in [0.717, 1.165) is 99.3 Å². The molecule has 0 fully saturated rings. The number of hydrogen-bond acceptors (Lipinski definition) is 6. The molecule has 6 heterocycles. The molecule has 0 N–H and O–H groups in total. The molecule has 12 aromatic carbocycles. The van der Waals surface area contributed by atoms with Gasteiger partial charge in [-0.05, 0) is 60.7 Å². The molecule has 18 rings (SSSR count). The van der Waals surface area contributed by atoms with Crippen LogP contribution in [0.15, 0.2) is 303 Å². The lowest BCUT2D eigenvalue weighted by atomic mass is 10.1. The average Bonchev–Trinajstić information content (AvgIpc) is 2.41. The molecule has 0 saturated heterocycles. The second-order valence-corrected chi connectivity index (χ2v) is 21.8. The van der Waals surface area contributed by atoms with E-state index in [2.05, 4.69) is 200 Å². The van der Waals surface area contributed by atoms with Crippen molar-refractivity contribution in [1.82, 2.24) is 48.2 Å². The minimum Gasteiger partial charge on any atom is -0.309 e. The molecule has 0 unspecified atom stereocenters. The first-order chi connectivity index (χ1) is 43.7. The maximum Gasteiger partial charge on any atom is 0.238 e. The van der Waals surface area contributed by atoms with Gasteiger partial charge >= 0.3 is 0 Å². The maximum atomic E-state index is 5.16. The minimum absolute atomic E-state index is 0.591. The van der Waals surface area contributed by atoms with E-state index < -0.39 is 0 Å². The molecular weight excluding hydrogens is 1080 g/mol. The highest BCUT2D eigenvalue weighted by atomic mass is 15.2. The SMILES string of the molecule is c1ccc(-c2nc(-c3ccccc3)nc(-n3c4ccccc4c4ccc5c(c6ccccc6n5-c5ccccc5)c43)n2)cc1.c1ccc(-c2nc(-c3ccccc3)nc(-n3c4ccccc4c4ccc5c(c6ccccc6n5-c5ccccc5)c43)n2)cc1. The molecule has 6 aromatic heterocycles. The number of para-hydroxylation sites is 6. The highest BCUT2D eigenvalue weighted by Gasteiger charge is 2.25. The molecule has 0 amide bonds. The van der Waals surface area contributed by atoms with Gasteiger partial charge in [-0.3, -0.25) is 9.13 Å². The molecule has 0 radical (unpaired) electrons. The Morgan fingerprint density at radius 2 is 0.443 bits per heavy atom. The van der Waals surface area contributed by atoms with E-state index in [-0.39, 0.29) is 0 Å². The fourth-order valence-electron chi connectivity index (χ4n) is 12.9. The zero-order chi connectivity index (χ0) is 58.1. The first-order valence-corrected chi connectivity index (χ1v) is 29.5. The second kappa shape index (κ2) is 20.9. The number of aromatic nitrogens is 10. The van der Waals surface area contributed by atoms with Crippen molar-refractivity contribution in [3.8, 4) is 68.8 Å². The molecule has 88 heavy (non-hydrogen) atoms. The van der Waals surface area contributed by atoms with Crippen LogP contribution < -0.4 is 0 Å². The molecule has 0 atom stereocenters. The van der Waals surface area contributed by atoms with Gasteiger partial charge in [-0.25, -0.2) is 9.97 Å². The quantitative estimate of drug-likeness (QED) is 0.150. The summed E-state index contributed by atoms with van der Waals surface area (Å²) < 4.78 is 9.17. The summed E-state index contributed by atoms with van der Waals surface area (Å²) in [5.74, 6) is 3.73. The highest BCUT2D eigenvalue weighted by molar-refractivity contribution is 6.27. The van der Waals surface area contributed by atoms with Crippen LogP contribution in [0.25, 0.3) is 156 Å². The van der Waals surface area contributed by atoms with Crippen LogP contribution >= 0.6 is 0 Å². The van der Waals surface area contributed by atoms with E-state index in [1.807, 2.05) is 121 Å². The van der Waals surface area contributed by atoms with Crippen LogP contribution in [-0.2, 0) is 0 Å². The Kier molecular flexibility index (Phi) is 12.0. The van der Waals surface area contributed by atoms with Crippen molar-refractivity contribution >= 4 is 87.2 Å². The number of benzene rings is 12. The molecule has 0 aliphatic rings. The van der Waals surface area contributed by atoms with Gasteiger partial charge in [-0.15, -0.1) is 0 Å². The largest absolute Gasteiger partial charge is 0.309 e. The minimum atomic E-state index is 0.591. The third-order valence-corrected chi connectivity index (χ3v) is 16.7. The first kappa shape index (κ1) is 50.4. The molecular formula is C78H50N10. The zero-order valence-corrected chi connectivity index (χ0v) is 47.3. The summed E-state index contributed by atoms with van der Waals surface area (Å²) in [6.07, 6.45) is 0. The van der Waals surface area contributed by atoms with E-state index in [1.165, 1.54) is 21.5 Å². The maximum absolute atomic E-state index is 5.16. The number of hydrogen-bond donors (Lipinski definition) is 0. The van der Waals surface area contributed by atoms with Crippen molar-refractivity contribution in [1.29, 1.82) is 0 Å². The Morgan fingerprint density at radius 3 is 0.761 bits per heavy atom. The smallest absolute Gasteiger partial charge is 0.238 e. The topological polar surface area (TPSA) is 97.1 Å². The van der Waals surface area contributed by atoms with E-state index in [0.29, 0.717) is 35.2 Å². The number of rotatable bonds is 8. The van der Waals surface area contributed by atoms with E-state index in [9.17, 15) is 0 Å². The predicted molar refractivity (Wildman–Crippen MR) is 359 cm³/mol. The summed E-state index contributed by atoms with van der Waals surface area (Å²) >= 11 is 0. The highest BCUT2D eigenvalue weighted by Crippen LogP contribution is 2.44. The molecule has 18 aromatic rings. The summed E-state index contributed by atoms with van der Waals surface area (Å²) in [6, 6.07) is 105. The van der Waals surface area contributed by atoms with Gasteiger partial charge in [0, 0.05) is 76.7 Å². The normalized spacial score (nSPS) is 11.6. The third-order valence-electron chi connectivity index (χ3n) is 16.7. The van der Waals surface area contributed by atoms with Crippen molar-refractivity contribution in [3.63, 3.8) is 0 Å². The van der Waals surface area contributed by atoms with Gasteiger partial charge in [0.1, 0.15) is 0 Å². The summed E-state index contributed by atoms with van der Waals surface area (Å²) in [5, 5.41) is 9.33. The Hall–Kier alpha value is -12.1. The lowest BCUT2D eigenvalue weighted by Crippen LogP contribution is -2.06. The van der Waals surface area contributed by atoms with Crippen LogP contribution in [0.4, 0.5) is 0 Å². The third kappa shape index (κ3) is 8.26. The van der Waals surface area contributed by atoms with Crippen molar-refractivity contribution in [2.24, 2.45) is 0 Å². The fourth-order valence-corrected chi connectivity index (χ4v) is 12.9. The molecule has 10 heteroatoms. The number of fused-ring (bicyclic) bond motifs is 14. The van der Waals surface area contributed by atoms with Crippen molar-refractivity contribution in [2.45, 2.75) is 0 Å². The lowest BCUT2D eigenvalue weighted by Gasteiger charge is -2.11. The van der Waals surface area contributed by atoms with Gasteiger partial charge in [-0.2, -0.15) is 19.9 Å². The molecule has 0 saturated carbocycles. The molecule has 0 spiro atoms. The van der Waals surface area contributed by atoms with Gasteiger partial charge in [0.05, 0.1) is 44.1 Å². The van der Waals surface area contributed by atoms with Crippen molar-refractivity contribution in [3.05, 3.63) is 303 Å². The second-order valence-electron chi connectivity index (χ2n) is 21.8. The van der Waals surface area contributed by atoms with Crippen LogP contribution in [0.2, 0.25) is 0 Å².